The van der Waals surface area contributed by atoms with E-state index >= 15 is 0 Å². The van der Waals surface area contributed by atoms with Gasteiger partial charge < -0.3 is 14.2 Å². The number of hydrogen-bond acceptors (Lipinski definition) is 6. The lowest BCUT2D eigenvalue weighted by Gasteiger charge is -2.08. The number of para-hydroxylation sites is 1. The molecule has 6 nitrogen and oxygen atoms in total. The van der Waals surface area contributed by atoms with E-state index in [0.717, 1.165) is 44.4 Å². The monoisotopic (exact) mass is 407 g/mol. The molecule has 1 aromatic heterocycles. The van der Waals surface area contributed by atoms with Crippen LogP contribution in [0.1, 0.15) is 12.5 Å². The van der Waals surface area contributed by atoms with Crippen LogP contribution < -0.4 is 19.0 Å². The lowest BCUT2D eigenvalue weighted by molar-refractivity contribution is 0.174. The van der Waals surface area contributed by atoms with Crippen molar-refractivity contribution < 1.29 is 14.2 Å². The lowest BCUT2D eigenvalue weighted by Crippen LogP contribution is -2.13. The van der Waals surface area contributed by atoms with Crippen LogP contribution in [-0.2, 0) is 0 Å². The molecule has 0 radical (unpaired) electrons. The number of fused-ring (bicyclic) bond motifs is 1. The molecule has 4 rings (SSSR count). The Morgan fingerprint density at radius 2 is 2.07 bits per heavy atom. The maximum absolute atomic E-state index is 5.54. The number of hydrogen-bond donors (Lipinski definition) is 0. The van der Waals surface area contributed by atoms with Crippen molar-refractivity contribution in [2.45, 2.75) is 6.92 Å². The van der Waals surface area contributed by atoms with Crippen molar-refractivity contribution in [3.05, 3.63) is 70.4 Å². The molecule has 148 valence electrons. The predicted octanol–water partition coefficient (Wildman–Crippen LogP) is 4.31. The number of aromatic nitrogens is 1. The Labute approximate surface area is 173 Å². The van der Waals surface area contributed by atoms with Crippen LogP contribution in [0.25, 0.3) is 11.3 Å². The van der Waals surface area contributed by atoms with Gasteiger partial charge >= 0.3 is 0 Å². The molecule has 2 heterocycles. The van der Waals surface area contributed by atoms with Crippen molar-refractivity contribution in [2.24, 2.45) is 10.1 Å². The highest BCUT2D eigenvalue weighted by Crippen LogP contribution is 2.32. The molecule has 1 aliphatic rings. The van der Waals surface area contributed by atoms with E-state index in [4.69, 9.17) is 19.3 Å². The van der Waals surface area contributed by atoms with Crippen LogP contribution in [0, 0.1) is 0 Å². The summed E-state index contributed by atoms with van der Waals surface area (Å²) in [4.78, 5) is 5.44. The highest BCUT2D eigenvalue weighted by atomic mass is 32.1. The third kappa shape index (κ3) is 4.09. The van der Waals surface area contributed by atoms with Crippen molar-refractivity contribution in [3.63, 3.8) is 0 Å². The number of benzene rings is 2. The zero-order valence-electron chi connectivity index (χ0n) is 16.3. The van der Waals surface area contributed by atoms with Gasteiger partial charge in [0.15, 0.2) is 11.5 Å². The van der Waals surface area contributed by atoms with Crippen LogP contribution in [0.2, 0.25) is 0 Å². The van der Waals surface area contributed by atoms with Gasteiger partial charge in [0.2, 0.25) is 11.6 Å². The Hall–Kier alpha value is -3.32. The second kappa shape index (κ2) is 8.36. The van der Waals surface area contributed by atoms with Gasteiger partial charge in [0.1, 0.15) is 5.75 Å². The average molecular weight is 407 g/mol. The first-order valence-electron chi connectivity index (χ1n) is 9.08. The van der Waals surface area contributed by atoms with Crippen LogP contribution in [-0.4, -0.2) is 31.3 Å². The SMILES string of the molecule is C=C(C)CN=c1scc(-c2ccccc2OC)n1N=Cc1ccc2c(c1)OCO2. The number of methoxy groups -OCH3 is 1. The van der Waals surface area contributed by atoms with Gasteiger partial charge in [-0.25, -0.2) is 4.68 Å². The Balaban J connectivity index is 1.78. The van der Waals surface area contributed by atoms with E-state index in [2.05, 4.69) is 11.6 Å². The van der Waals surface area contributed by atoms with Gasteiger partial charge in [-0.2, -0.15) is 5.10 Å². The molecule has 0 bridgehead atoms. The van der Waals surface area contributed by atoms with E-state index in [-0.39, 0.29) is 6.79 Å². The molecule has 7 heteroatoms. The summed E-state index contributed by atoms with van der Waals surface area (Å²) in [6.07, 6.45) is 1.79. The van der Waals surface area contributed by atoms with Crippen molar-refractivity contribution >= 4 is 17.6 Å². The molecule has 3 aromatic rings. The second-order valence-electron chi connectivity index (χ2n) is 6.55. The molecule has 0 N–H and O–H groups in total. The number of thiazole rings is 1. The Morgan fingerprint density at radius 3 is 2.90 bits per heavy atom. The first-order valence-corrected chi connectivity index (χ1v) is 9.96. The summed E-state index contributed by atoms with van der Waals surface area (Å²) >= 11 is 1.53. The Kier molecular flexibility index (Phi) is 5.48. The van der Waals surface area contributed by atoms with Gasteiger partial charge in [-0.3, -0.25) is 4.99 Å². The Morgan fingerprint density at radius 1 is 1.24 bits per heavy atom. The first kappa shape index (κ1) is 19.0. The normalized spacial score (nSPS) is 13.2. The third-order valence-corrected chi connectivity index (χ3v) is 5.13. The molecule has 0 unspecified atom stereocenters. The number of ether oxygens (including phenoxy) is 3. The van der Waals surface area contributed by atoms with E-state index in [9.17, 15) is 0 Å². The summed E-state index contributed by atoms with van der Waals surface area (Å²) in [6.45, 7) is 6.69. The fourth-order valence-electron chi connectivity index (χ4n) is 2.88. The summed E-state index contributed by atoms with van der Waals surface area (Å²) in [5.41, 5.74) is 3.75. The van der Waals surface area contributed by atoms with Gasteiger partial charge in [0.05, 0.1) is 25.6 Å². The summed E-state index contributed by atoms with van der Waals surface area (Å²) in [7, 11) is 1.66. The van der Waals surface area contributed by atoms with E-state index in [1.54, 1.807) is 13.3 Å². The van der Waals surface area contributed by atoms with Gasteiger partial charge in [0, 0.05) is 10.9 Å². The fraction of sp³-hybridized carbons (Fsp3) is 0.182. The molecular formula is C22H21N3O3S. The van der Waals surface area contributed by atoms with Crippen LogP contribution in [0.3, 0.4) is 0 Å². The van der Waals surface area contributed by atoms with E-state index in [0.29, 0.717) is 6.54 Å². The smallest absolute Gasteiger partial charge is 0.231 e. The van der Waals surface area contributed by atoms with Crippen molar-refractivity contribution in [2.75, 3.05) is 20.4 Å². The van der Waals surface area contributed by atoms with Crippen LogP contribution in [0.4, 0.5) is 0 Å². The zero-order chi connectivity index (χ0) is 20.2. The lowest BCUT2D eigenvalue weighted by atomic mass is 10.1. The predicted molar refractivity (Wildman–Crippen MR) is 115 cm³/mol. The minimum absolute atomic E-state index is 0.247. The summed E-state index contributed by atoms with van der Waals surface area (Å²) < 4.78 is 18.2. The van der Waals surface area contributed by atoms with E-state index in [1.807, 2.05) is 59.4 Å². The largest absolute Gasteiger partial charge is 0.496 e. The molecule has 0 saturated heterocycles. The average Bonchev–Trinajstić information content (AvgIpc) is 3.36. The molecule has 29 heavy (non-hydrogen) atoms. The van der Waals surface area contributed by atoms with Crippen molar-refractivity contribution in [1.29, 1.82) is 0 Å². The van der Waals surface area contributed by atoms with Crippen LogP contribution in [0.15, 0.2) is 70.1 Å². The molecule has 1 aliphatic heterocycles. The highest BCUT2D eigenvalue weighted by Gasteiger charge is 2.14. The number of rotatable bonds is 6. The summed E-state index contributed by atoms with van der Waals surface area (Å²) in [5.74, 6) is 2.25. The maximum atomic E-state index is 5.54. The molecule has 0 aliphatic carbocycles. The van der Waals surface area contributed by atoms with Crippen LogP contribution >= 0.6 is 11.3 Å². The minimum Gasteiger partial charge on any atom is -0.496 e. The molecule has 0 atom stereocenters. The number of nitrogens with zero attached hydrogens (tertiary/aromatic N) is 3. The molecule has 2 aromatic carbocycles. The van der Waals surface area contributed by atoms with Crippen molar-refractivity contribution in [1.82, 2.24) is 4.68 Å². The van der Waals surface area contributed by atoms with E-state index in [1.165, 1.54) is 11.3 Å². The topological polar surface area (TPSA) is 57.3 Å². The third-order valence-electron chi connectivity index (χ3n) is 4.27. The molecule has 0 saturated carbocycles. The van der Waals surface area contributed by atoms with Gasteiger partial charge in [-0.1, -0.05) is 24.3 Å². The highest BCUT2D eigenvalue weighted by molar-refractivity contribution is 7.07. The summed E-state index contributed by atoms with van der Waals surface area (Å²) in [5, 5.41) is 6.75. The van der Waals surface area contributed by atoms with E-state index < -0.39 is 0 Å². The Bertz CT molecular complexity index is 1140. The standard InChI is InChI=1S/C22H21N3O3S/c1-15(2)11-23-22-25(18(13-29-22)17-6-4-5-7-19(17)26-3)24-12-16-8-9-20-21(10-16)28-14-27-20/h4-10,12-13H,1,11,14H2,2-3H3. The fourth-order valence-corrected chi connectivity index (χ4v) is 3.71. The second-order valence-corrected chi connectivity index (χ2v) is 7.38. The van der Waals surface area contributed by atoms with Gasteiger partial charge in [-0.15, -0.1) is 11.3 Å². The zero-order valence-corrected chi connectivity index (χ0v) is 17.1. The molecule has 0 fully saturated rings. The minimum atomic E-state index is 0.247. The molecule has 0 spiro atoms. The summed E-state index contributed by atoms with van der Waals surface area (Å²) in [6, 6.07) is 13.6. The van der Waals surface area contributed by atoms with Gasteiger partial charge in [0.25, 0.3) is 0 Å². The van der Waals surface area contributed by atoms with Crippen LogP contribution in [0.5, 0.6) is 17.2 Å². The first-order chi connectivity index (χ1) is 14.2. The molecular weight excluding hydrogens is 386 g/mol. The molecule has 0 amide bonds. The van der Waals surface area contributed by atoms with Crippen molar-refractivity contribution in [3.8, 4) is 28.5 Å². The quantitative estimate of drug-likeness (QED) is 0.452. The van der Waals surface area contributed by atoms with Gasteiger partial charge in [-0.05, 0) is 42.8 Å². The maximum Gasteiger partial charge on any atom is 0.231 e.